The lowest BCUT2D eigenvalue weighted by molar-refractivity contribution is 0.00675. The first-order valence-corrected chi connectivity index (χ1v) is 4.39. The molecular weight excluding hydrogens is 152 g/mol. The molecule has 1 spiro atoms. The fraction of sp³-hybridized carbons (Fsp3) is 0.600. The van der Waals surface area contributed by atoms with Gasteiger partial charge in [-0.05, 0) is 0 Å². The molecule has 0 aromatic rings. The lowest BCUT2D eigenvalue weighted by Gasteiger charge is -2.24. The summed E-state index contributed by atoms with van der Waals surface area (Å²) in [5.41, 5.74) is 0.189. The quantitative estimate of drug-likeness (QED) is 0.460. The van der Waals surface area contributed by atoms with Crippen molar-refractivity contribution in [3.05, 3.63) is 24.8 Å². The maximum Gasteiger partial charge on any atom is 0.0966 e. The van der Waals surface area contributed by atoms with E-state index in [1.54, 1.807) is 6.08 Å². The van der Waals surface area contributed by atoms with E-state index in [1.165, 1.54) is 0 Å². The van der Waals surface area contributed by atoms with E-state index >= 15 is 0 Å². The first kappa shape index (κ1) is 8.02. The Morgan fingerprint density at radius 3 is 3.00 bits per heavy atom. The van der Waals surface area contributed by atoms with Crippen LogP contribution in [0.3, 0.4) is 0 Å². The molecule has 0 radical (unpaired) electrons. The van der Waals surface area contributed by atoms with Crippen LogP contribution in [0.2, 0.25) is 0 Å². The minimum atomic E-state index is 0.189. The second-order valence-electron chi connectivity index (χ2n) is 3.46. The molecular formula is C10H14O2. The number of hydrogen-bond donors (Lipinski definition) is 0. The van der Waals surface area contributed by atoms with Crippen LogP contribution in [0.5, 0.6) is 0 Å². The summed E-state index contributed by atoms with van der Waals surface area (Å²) >= 11 is 0. The molecule has 12 heavy (non-hydrogen) atoms. The molecule has 2 unspecified atom stereocenters. The predicted molar refractivity (Wildman–Crippen MR) is 47.0 cm³/mol. The van der Waals surface area contributed by atoms with Gasteiger partial charge in [0.2, 0.25) is 0 Å². The largest absolute Gasteiger partial charge is 0.374 e. The Kier molecular flexibility index (Phi) is 2.03. The van der Waals surface area contributed by atoms with Crippen molar-refractivity contribution in [2.45, 2.75) is 24.5 Å². The van der Waals surface area contributed by atoms with Crippen molar-refractivity contribution in [2.75, 3.05) is 13.2 Å². The van der Waals surface area contributed by atoms with Crippen LogP contribution < -0.4 is 0 Å². The molecule has 0 amide bonds. The van der Waals surface area contributed by atoms with Gasteiger partial charge < -0.3 is 9.47 Å². The van der Waals surface area contributed by atoms with Crippen LogP contribution in [-0.2, 0) is 9.47 Å². The molecule has 2 heterocycles. The second kappa shape index (κ2) is 3.04. The average molecular weight is 166 g/mol. The summed E-state index contributed by atoms with van der Waals surface area (Å²) in [6, 6.07) is 0. The second-order valence-corrected chi connectivity index (χ2v) is 3.46. The Bertz CT molecular complexity index is 204. The molecule has 0 bridgehead atoms. The minimum Gasteiger partial charge on any atom is -0.374 e. The molecule has 0 aromatic carbocycles. The standard InChI is InChI=1S/C10H14O2/c1-2-3-4-9-7-10(8-12-10)5-6-11-9/h2-4,9H,1,5-8H2. The first-order valence-electron chi connectivity index (χ1n) is 4.39. The summed E-state index contributed by atoms with van der Waals surface area (Å²) in [5, 5.41) is 0. The van der Waals surface area contributed by atoms with Crippen molar-refractivity contribution < 1.29 is 9.47 Å². The lowest BCUT2D eigenvalue weighted by Crippen LogP contribution is -2.30. The third-order valence-corrected chi connectivity index (χ3v) is 2.48. The van der Waals surface area contributed by atoms with Gasteiger partial charge in [-0.1, -0.05) is 24.8 Å². The molecule has 2 saturated heterocycles. The molecule has 2 aliphatic heterocycles. The lowest BCUT2D eigenvalue weighted by atomic mass is 9.96. The first-order chi connectivity index (χ1) is 5.85. The maximum atomic E-state index is 5.54. The normalized spacial score (nSPS) is 40.5. The number of rotatable bonds is 2. The Morgan fingerprint density at radius 1 is 1.50 bits per heavy atom. The van der Waals surface area contributed by atoms with Gasteiger partial charge >= 0.3 is 0 Å². The van der Waals surface area contributed by atoms with E-state index < -0.39 is 0 Å². The monoisotopic (exact) mass is 166 g/mol. The molecule has 0 N–H and O–H groups in total. The van der Waals surface area contributed by atoms with Crippen LogP contribution in [0.4, 0.5) is 0 Å². The molecule has 2 nitrogen and oxygen atoms in total. The van der Waals surface area contributed by atoms with E-state index in [-0.39, 0.29) is 11.7 Å². The Hall–Kier alpha value is -0.600. The maximum absolute atomic E-state index is 5.54. The van der Waals surface area contributed by atoms with E-state index in [0.29, 0.717) is 0 Å². The van der Waals surface area contributed by atoms with Crippen LogP contribution in [0.1, 0.15) is 12.8 Å². The van der Waals surface area contributed by atoms with E-state index in [4.69, 9.17) is 9.47 Å². The van der Waals surface area contributed by atoms with Crippen LogP contribution >= 0.6 is 0 Å². The van der Waals surface area contributed by atoms with Gasteiger partial charge in [0.25, 0.3) is 0 Å². The van der Waals surface area contributed by atoms with Gasteiger partial charge in [0.1, 0.15) is 0 Å². The van der Waals surface area contributed by atoms with Crippen molar-refractivity contribution in [3.63, 3.8) is 0 Å². The number of epoxide rings is 1. The van der Waals surface area contributed by atoms with E-state index in [0.717, 1.165) is 26.1 Å². The van der Waals surface area contributed by atoms with Gasteiger partial charge in [0.05, 0.1) is 24.9 Å². The zero-order chi connectivity index (χ0) is 8.44. The van der Waals surface area contributed by atoms with E-state index in [1.807, 2.05) is 6.08 Å². The summed E-state index contributed by atoms with van der Waals surface area (Å²) < 4.78 is 10.9. The number of hydrogen-bond acceptors (Lipinski definition) is 2. The van der Waals surface area contributed by atoms with Crippen molar-refractivity contribution in [3.8, 4) is 0 Å². The zero-order valence-electron chi connectivity index (χ0n) is 7.16. The Balaban J connectivity index is 1.90. The highest BCUT2D eigenvalue weighted by atomic mass is 16.6. The number of ether oxygens (including phenoxy) is 2. The van der Waals surface area contributed by atoms with Crippen molar-refractivity contribution in [2.24, 2.45) is 0 Å². The zero-order valence-corrected chi connectivity index (χ0v) is 7.16. The van der Waals surface area contributed by atoms with E-state index in [2.05, 4.69) is 12.7 Å². The molecule has 0 aliphatic carbocycles. The van der Waals surface area contributed by atoms with E-state index in [9.17, 15) is 0 Å². The molecule has 2 heteroatoms. The summed E-state index contributed by atoms with van der Waals surface area (Å²) in [6.07, 6.45) is 8.07. The fourth-order valence-electron chi connectivity index (χ4n) is 1.61. The van der Waals surface area contributed by atoms with Crippen molar-refractivity contribution >= 4 is 0 Å². The van der Waals surface area contributed by atoms with Gasteiger partial charge in [-0.15, -0.1) is 0 Å². The van der Waals surface area contributed by atoms with Crippen LogP contribution in [0.25, 0.3) is 0 Å². The minimum absolute atomic E-state index is 0.189. The molecule has 2 aliphatic rings. The smallest absolute Gasteiger partial charge is 0.0966 e. The summed E-state index contributed by atoms with van der Waals surface area (Å²) in [6.45, 7) is 5.37. The average Bonchev–Trinajstić information content (AvgIpc) is 2.82. The highest BCUT2D eigenvalue weighted by Crippen LogP contribution is 2.39. The van der Waals surface area contributed by atoms with Gasteiger partial charge in [-0.2, -0.15) is 0 Å². The van der Waals surface area contributed by atoms with Crippen molar-refractivity contribution in [1.29, 1.82) is 0 Å². The highest BCUT2D eigenvalue weighted by Gasteiger charge is 2.47. The fourth-order valence-corrected chi connectivity index (χ4v) is 1.61. The SMILES string of the molecule is C=CC=CC1CC2(CCO1)CO2. The third-order valence-electron chi connectivity index (χ3n) is 2.48. The van der Waals surface area contributed by atoms with Crippen LogP contribution in [0.15, 0.2) is 24.8 Å². The Labute approximate surface area is 72.9 Å². The van der Waals surface area contributed by atoms with Crippen LogP contribution in [0, 0.1) is 0 Å². The molecule has 0 aromatic heterocycles. The summed E-state index contributed by atoms with van der Waals surface area (Å²) in [4.78, 5) is 0. The molecule has 2 atom stereocenters. The number of allylic oxidation sites excluding steroid dienone is 2. The topological polar surface area (TPSA) is 21.8 Å². The summed E-state index contributed by atoms with van der Waals surface area (Å²) in [7, 11) is 0. The third kappa shape index (κ3) is 1.59. The predicted octanol–water partition coefficient (Wildman–Crippen LogP) is 1.68. The van der Waals surface area contributed by atoms with Gasteiger partial charge in [-0.3, -0.25) is 0 Å². The summed E-state index contributed by atoms with van der Waals surface area (Å²) in [5.74, 6) is 0. The highest BCUT2D eigenvalue weighted by molar-refractivity contribution is 5.06. The Morgan fingerprint density at radius 2 is 2.33 bits per heavy atom. The molecule has 2 fully saturated rings. The van der Waals surface area contributed by atoms with Gasteiger partial charge in [0.15, 0.2) is 0 Å². The van der Waals surface area contributed by atoms with Gasteiger partial charge in [0, 0.05) is 12.8 Å². The van der Waals surface area contributed by atoms with Gasteiger partial charge in [-0.25, -0.2) is 0 Å². The molecule has 66 valence electrons. The molecule has 2 rings (SSSR count). The molecule has 0 saturated carbocycles. The van der Waals surface area contributed by atoms with Crippen molar-refractivity contribution in [1.82, 2.24) is 0 Å². The van der Waals surface area contributed by atoms with Crippen LogP contribution in [-0.4, -0.2) is 24.9 Å².